The molecule has 0 saturated carbocycles. The molecule has 0 saturated heterocycles. The third-order valence-electron chi connectivity index (χ3n) is 12.1. The highest BCUT2D eigenvalue weighted by molar-refractivity contribution is 7.45. The number of carbonyl (C=O) groups is 2. The van der Waals surface area contributed by atoms with Crippen LogP contribution in [-0.2, 0) is 32.7 Å². The van der Waals surface area contributed by atoms with Crippen molar-refractivity contribution in [3.63, 3.8) is 0 Å². The summed E-state index contributed by atoms with van der Waals surface area (Å²) in [6.45, 7) is 4.03. The van der Waals surface area contributed by atoms with Crippen molar-refractivity contribution in [1.29, 1.82) is 0 Å². The molecule has 396 valence electrons. The fourth-order valence-electron chi connectivity index (χ4n) is 7.74. The first-order valence-electron chi connectivity index (χ1n) is 28.0. The van der Waals surface area contributed by atoms with Gasteiger partial charge in [0.25, 0.3) is 7.82 Å². The van der Waals surface area contributed by atoms with E-state index in [0.29, 0.717) is 17.4 Å². The lowest BCUT2D eigenvalue weighted by atomic mass is 10.0. The minimum atomic E-state index is -4.61. The van der Waals surface area contributed by atoms with Gasteiger partial charge in [-0.1, -0.05) is 235 Å². The Hall–Kier alpha value is -2.29. The van der Waals surface area contributed by atoms with E-state index in [0.717, 1.165) is 77.0 Å². The number of esters is 2. The van der Waals surface area contributed by atoms with Gasteiger partial charge in [-0.15, -0.1) is 0 Å². The lowest BCUT2D eigenvalue weighted by Crippen LogP contribution is -2.37. The maximum absolute atomic E-state index is 12.7. The largest absolute Gasteiger partial charge is 0.756 e. The van der Waals surface area contributed by atoms with Crippen molar-refractivity contribution in [1.82, 2.24) is 0 Å². The number of hydrogen-bond donors (Lipinski definition) is 0. The highest BCUT2D eigenvalue weighted by atomic mass is 31.2. The third kappa shape index (κ3) is 53.1. The van der Waals surface area contributed by atoms with Gasteiger partial charge in [0.05, 0.1) is 27.7 Å². The molecule has 0 amide bonds. The van der Waals surface area contributed by atoms with Gasteiger partial charge in [0.1, 0.15) is 19.8 Å². The molecule has 2 atom stereocenters. The van der Waals surface area contributed by atoms with Crippen molar-refractivity contribution < 1.29 is 42.1 Å². The Kier molecular flexibility index (Phi) is 48.0. The van der Waals surface area contributed by atoms with Gasteiger partial charge in [-0.05, 0) is 57.8 Å². The molecule has 0 aliphatic carbocycles. The minimum absolute atomic E-state index is 0.0294. The summed E-state index contributed by atoms with van der Waals surface area (Å²) in [5.41, 5.74) is 0. The van der Waals surface area contributed by atoms with Crippen molar-refractivity contribution in [3.8, 4) is 0 Å². The van der Waals surface area contributed by atoms with Crippen LogP contribution >= 0.6 is 7.82 Å². The highest BCUT2D eigenvalue weighted by Crippen LogP contribution is 2.38. The van der Waals surface area contributed by atoms with Crippen LogP contribution in [0.5, 0.6) is 0 Å². The summed E-state index contributed by atoms with van der Waals surface area (Å²) < 4.78 is 33.8. The van der Waals surface area contributed by atoms with E-state index in [1.54, 1.807) is 0 Å². The number of rotatable bonds is 51. The molecule has 68 heavy (non-hydrogen) atoms. The molecule has 2 unspecified atom stereocenters. The summed E-state index contributed by atoms with van der Waals surface area (Å²) in [7, 11) is 1.17. The second-order valence-electron chi connectivity index (χ2n) is 19.9. The second-order valence-corrected chi connectivity index (χ2v) is 21.3. The minimum Gasteiger partial charge on any atom is -0.756 e. The molecule has 0 aromatic rings. The molecule has 0 aromatic carbocycles. The highest BCUT2D eigenvalue weighted by Gasteiger charge is 2.21. The standard InChI is InChI=1S/C58H106NO8P/c1-6-8-10-12-13-14-15-16-17-18-19-20-21-22-23-24-25-26-27-28-29-30-31-32-33-34-35-36-37-38-39-40-41-42-43-44-45-47-49-51-58(61)67-56(54-64-57(60)50-48-46-11-9-7-2)55-66-68(62,63)65-53-52-59(3,4)5/h8,10,13-14,16-17,19-20,22-23,56H,6-7,9,11-12,15,18,21,24-55H2,1-5H3/b10-8-,14-13-,17-16-,20-19-,23-22-. The summed E-state index contributed by atoms with van der Waals surface area (Å²) in [6.07, 6.45) is 63.5. The Morgan fingerprint density at radius 2 is 0.838 bits per heavy atom. The lowest BCUT2D eigenvalue weighted by molar-refractivity contribution is -0.870. The van der Waals surface area contributed by atoms with Gasteiger partial charge in [0.2, 0.25) is 0 Å². The number of quaternary nitrogens is 1. The molecule has 0 fully saturated rings. The number of carbonyl (C=O) groups excluding carboxylic acids is 2. The second kappa shape index (κ2) is 49.7. The van der Waals surface area contributed by atoms with Crippen LogP contribution in [0.15, 0.2) is 60.8 Å². The Labute approximate surface area is 419 Å². The third-order valence-corrected chi connectivity index (χ3v) is 13.0. The summed E-state index contributed by atoms with van der Waals surface area (Å²) in [5.74, 6) is -0.840. The smallest absolute Gasteiger partial charge is 0.306 e. The zero-order chi connectivity index (χ0) is 49.9. The van der Waals surface area contributed by atoms with Crippen LogP contribution in [0.4, 0.5) is 0 Å². The monoisotopic (exact) mass is 976 g/mol. The van der Waals surface area contributed by atoms with Crippen molar-refractivity contribution in [2.75, 3.05) is 47.5 Å². The zero-order valence-corrected chi connectivity index (χ0v) is 45.7. The molecule has 0 radical (unpaired) electrons. The number of hydrogen-bond acceptors (Lipinski definition) is 8. The molecule has 10 heteroatoms. The van der Waals surface area contributed by atoms with Crippen molar-refractivity contribution >= 4 is 19.8 Å². The predicted octanol–water partition coefficient (Wildman–Crippen LogP) is 16.5. The fourth-order valence-corrected chi connectivity index (χ4v) is 8.47. The average molecular weight is 976 g/mol. The quantitative estimate of drug-likeness (QED) is 0.0195. The molecule has 0 bridgehead atoms. The number of unbranched alkanes of at least 4 members (excludes halogenated alkanes) is 27. The normalized spacial score (nSPS) is 13.8. The van der Waals surface area contributed by atoms with E-state index in [9.17, 15) is 19.0 Å². The fraction of sp³-hybridized carbons (Fsp3) is 0.793. The molecule has 9 nitrogen and oxygen atoms in total. The van der Waals surface area contributed by atoms with Gasteiger partial charge >= 0.3 is 11.9 Å². The van der Waals surface area contributed by atoms with Gasteiger partial charge in [-0.3, -0.25) is 14.2 Å². The molecular weight excluding hydrogens is 870 g/mol. The van der Waals surface area contributed by atoms with Gasteiger partial charge in [-0.2, -0.15) is 0 Å². The SMILES string of the molecule is CC/C=C\C/C=C\C/C=C\C/C=C\C/C=C\CCCCCCCCCCCCCCCCCCCCCCCCCC(=O)OC(COC(=O)CCCCCCC)COP(=O)([O-])OCC[N+](C)(C)C. The van der Waals surface area contributed by atoms with E-state index in [1.165, 1.54) is 135 Å². The summed E-state index contributed by atoms with van der Waals surface area (Å²) >= 11 is 0. The first-order valence-corrected chi connectivity index (χ1v) is 29.5. The van der Waals surface area contributed by atoms with E-state index < -0.39 is 32.5 Å². The van der Waals surface area contributed by atoms with Crippen LogP contribution in [0.2, 0.25) is 0 Å². The molecule has 0 aromatic heterocycles. The Bertz CT molecular complexity index is 1340. The maximum Gasteiger partial charge on any atom is 0.306 e. The summed E-state index contributed by atoms with van der Waals surface area (Å²) in [6, 6.07) is 0. The molecule has 0 spiro atoms. The summed E-state index contributed by atoms with van der Waals surface area (Å²) in [4.78, 5) is 37.3. The zero-order valence-electron chi connectivity index (χ0n) is 44.8. The Balaban J connectivity index is 3.75. The van der Waals surface area contributed by atoms with E-state index in [1.807, 2.05) is 21.1 Å². The maximum atomic E-state index is 12.7. The molecule has 0 aliphatic heterocycles. The number of nitrogens with zero attached hydrogens (tertiary/aromatic N) is 1. The van der Waals surface area contributed by atoms with Crippen LogP contribution < -0.4 is 4.89 Å². The lowest BCUT2D eigenvalue weighted by Gasteiger charge is -2.28. The van der Waals surface area contributed by atoms with Gasteiger partial charge in [-0.25, -0.2) is 0 Å². The molecule has 0 heterocycles. The van der Waals surface area contributed by atoms with E-state index in [-0.39, 0.29) is 26.1 Å². The van der Waals surface area contributed by atoms with Crippen LogP contribution in [0.1, 0.15) is 245 Å². The van der Waals surface area contributed by atoms with Crippen molar-refractivity contribution in [2.45, 2.75) is 251 Å². The molecular formula is C58H106NO8P. The van der Waals surface area contributed by atoms with Crippen LogP contribution in [0, 0.1) is 0 Å². The van der Waals surface area contributed by atoms with E-state index in [2.05, 4.69) is 74.6 Å². The number of phosphoric acid groups is 1. The first kappa shape index (κ1) is 65.7. The predicted molar refractivity (Wildman–Crippen MR) is 287 cm³/mol. The Morgan fingerprint density at radius 1 is 0.471 bits per heavy atom. The van der Waals surface area contributed by atoms with E-state index in [4.69, 9.17) is 18.5 Å². The van der Waals surface area contributed by atoms with Crippen molar-refractivity contribution in [3.05, 3.63) is 60.8 Å². The van der Waals surface area contributed by atoms with Gasteiger partial charge in [0.15, 0.2) is 6.10 Å². The first-order chi connectivity index (χ1) is 33.0. The molecule has 0 aliphatic rings. The number of ether oxygens (including phenoxy) is 2. The Morgan fingerprint density at radius 3 is 1.25 bits per heavy atom. The van der Waals surface area contributed by atoms with E-state index >= 15 is 0 Å². The molecule has 0 rings (SSSR count). The molecule has 0 N–H and O–H groups in total. The van der Waals surface area contributed by atoms with Crippen LogP contribution in [0.25, 0.3) is 0 Å². The number of phosphoric ester groups is 1. The summed E-state index contributed by atoms with van der Waals surface area (Å²) in [5, 5.41) is 0. The van der Waals surface area contributed by atoms with Crippen LogP contribution in [-0.4, -0.2) is 70.0 Å². The van der Waals surface area contributed by atoms with Gasteiger partial charge < -0.3 is 27.9 Å². The number of likely N-dealkylation sites (N-methyl/N-ethyl adjacent to an activating group) is 1. The van der Waals surface area contributed by atoms with Gasteiger partial charge in [0, 0.05) is 12.8 Å². The van der Waals surface area contributed by atoms with Crippen molar-refractivity contribution in [2.24, 2.45) is 0 Å². The topological polar surface area (TPSA) is 111 Å². The van der Waals surface area contributed by atoms with Crippen LogP contribution in [0.3, 0.4) is 0 Å². The average Bonchev–Trinajstić information content (AvgIpc) is 3.30. The number of allylic oxidation sites excluding steroid dienone is 10.